The molecule has 1 aliphatic rings. The van der Waals surface area contributed by atoms with E-state index in [1.54, 1.807) is 19.1 Å². The Balaban J connectivity index is -0.000000524. The highest BCUT2D eigenvalue weighted by Crippen LogP contribution is 2.25. The lowest BCUT2D eigenvalue weighted by Gasteiger charge is -2.31. The summed E-state index contributed by atoms with van der Waals surface area (Å²) in [6.45, 7) is 21.4. The predicted octanol–water partition coefficient (Wildman–Crippen LogP) is 7.27. The minimum absolute atomic E-state index is 0.0531. The molecule has 9 nitrogen and oxygen atoms in total. The molecule has 2 N–H and O–H groups in total. The van der Waals surface area contributed by atoms with Crippen molar-refractivity contribution in [1.82, 2.24) is 15.1 Å². The zero-order valence-electron chi connectivity index (χ0n) is 32.3. The second-order valence-corrected chi connectivity index (χ2v) is 10.8. The Labute approximate surface area is 289 Å². The molecule has 1 heterocycles. The van der Waals surface area contributed by atoms with Gasteiger partial charge in [-0.2, -0.15) is 5.26 Å². The van der Waals surface area contributed by atoms with Crippen molar-refractivity contribution in [3.63, 3.8) is 0 Å². The fourth-order valence-corrected chi connectivity index (χ4v) is 4.66. The van der Waals surface area contributed by atoms with Gasteiger partial charge in [0.25, 0.3) is 0 Å². The Hall–Kier alpha value is -2.96. The van der Waals surface area contributed by atoms with E-state index in [4.69, 9.17) is 15.1 Å². The number of carbonyl (C=O) groups excluding carboxylic acids is 3. The van der Waals surface area contributed by atoms with Crippen molar-refractivity contribution >= 4 is 18.2 Å². The molecule has 0 saturated carbocycles. The molecule has 0 bridgehead atoms. The smallest absolute Gasteiger partial charge is 0.222 e. The average molecular weight is 665 g/mol. The van der Waals surface area contributed by atoms with Crippen LogP contribution >= 0.6 is 0 Å². The first-order chi connectivity index (χ1) is 22.7. The number of aliphatic hydroxyl groups excluding tert-OH is 1. The minimum Gasteiger partial charge on any atom is -0.400 e. The maximum Gasteiger partial charge on any atom is 0.222 e. The van der Waals surface area contributed by atoms with Crippen LogP contribution in [0.5, 0.6) is 0 Å². The fraction of sp³-hybridized carbons (Fsp3) is 0.737. The number of nitrogens with one attached hydrogen (secondary N) is 1. The number of likely N-dealkylation sites (tertiary alicyclic amines) is 1. The highest BCUT2D eigenvalue weighted by Gasteiger charge is 2.36. The zero-order chi connectivity index (χ0) is 37.2. The van der Waals surface area contributed by atoms with Crippen LogP contribution < -0.4 is 5.32 Å². The van der Waals surface area contributed by atoms with Gasteiger partial charge in [-0.25, -0.2) is 0 Å². The number of amides is 3. The standard InChI is InChI=1S/C25H39N3O4.C6H11N.3C2H6.CH4O/c1-4-9-21(27(2)19-29)13-14-25(31)28-17-8-12-22(28)23(32-3)18-24(30)26-16-15-20-10-6-5-7-11-20;1-5(2)6(3)4-7;4*1-2/h5-7,10-11,19,21-23H,4,8-9,12-18H2,1-3H3,(H,26,30);5-6H,1-3H3;3*1-2H3;2H,1H3/t21-,22?,23?;;;;;/m0...../s1. The summed E-state index contributed by atoms with van der Waals surface area (Å²) < 4.78 is 5.66. The molecule has 0 radical (unpaired) electrons. The summed E-state index contributed by atoms with van der Waals surface area (Å²) >= 11 is 0. The molecule has 1 aromatic carbocycles. The first-order valence-electron chi connectivity index (χ1n) is 17.8. The van der Waals surface area contributed by atoms with Crippen molar-refractivity contribution < 1.29 is 24.2 Å². The number of benzene rings is 1. The van der Waals surface area contributed by atoms with Gasteiger partial charge in [-0.15, -0.1) is 0 Å². The van der Waals surface area contributed by atoms with E-state index >= 15 is 0 Å². The number of hydrogen-bond acceptors (Lipinski definition) is 6. The van der Waals surface area contributed by atoms with Gasteiger partial charge in [0, 0.05) is 52.7 Å². The number of ether oxygens (including phenoxy) is 1. The van der Waals surface area contributed by atoms with Gasteiger partial charge in [-0.05, 0) is 50.5 Å². The largest absolute Gasteiger partial charge is 0.400 e. The number of nitriles is 1. The van der Waals surface area contributed by atoms with Gasteiger partial charge in [0.05, 0.1) is 24.6 Å². The summed E-state index contributed by atoms with van der Waals surface area (Å²) in [6.07, 6.45) is 6.21. The topological polar surface area (TPSA) is 123 Å². The van der Waals surface area contributed by atoms with Crippen LogP contribution in [0.1, 0.15) is 120 Å². The Morgan fingerprint density at radius 3 is 2.11 bits per heavy atom. The van der Waals surface area contributed by atoms with Gasteiger partial charge < -0.3 is 25.0 Å². The van der Waals surface area contributed by atoms with E-state index in [0.29, 0.717) is 31.8 Å². The van der Waals surface area contributed by atoms with Crippen LogP contribution in [-0.4, -0.2) is 85.7 Å². The Morgan fingerprint density at radius 1 is 1.09 bits per heavy atom. The normalized spacial score (nSPS) is 14.5. The molecule has 0 aliphatic carbocycles. The van der Waals surface area contributed by atoms with E-state index in [1.165, 1.54) is 5.56 Å². The summed E-state index contributed by atoms with van der Waals surface area (Å²) in [7, 11) is 4.38. The van der Waals surface area contributed by atoms with Crippen LogP contribution in [0.4, 0.5) is 0 Å². The predicted molar refractivity (Wildman–Crippen MR) is 197 cm³/mol. The lowest BCUT2D eigenvalue weighted by atomic mass is 10.0. The third kappa shape index (κ3) is 23.9. The van der Waals surface area contributed by atoms with Crippen LogP contribution in [0.25, 0.3) is 0 Å². The molecule has 0 aromatic heterocycles. The number of hydrogen-bond donors (Lipinski definition) is 2. The molecule has 47 heavy (non-hydrogen) atoms. The van der Waals surface area contributed by atoms with Crippen LogP contribution in [0.15, 0.2) is 30.3 Å². The van der Waals surface area contributed by atoms with Gasteiger partial charge in [0.2, 0.25) is 18.2 Å². The molecule has 3 unspecified atom stereocenters. The number of nitrogens with zero attached hydrogens (tertiary/aromatic N) is 3. The average Bonchev–Trinajstić information content (AvgIpc) is 3.62. The monoisotopic (exact) mass is 665 g/mol. The lowest BCUT2D eigenvalue weighted by Crippen LogP contribution is -2.46. The van der Waals surface area contributed by atoms with Crippen molar-refractivity contribution in [2.75, 3.05) is 34.4 Å². The molecule has 1 aliphatic heterocycles. The van der Waals surface area contributed by atoms with Gasteiger partial charge >= 0.3 is 0 Å². The molecule has 1 aromatic rings. The van der Waals surface area contributed by atoms with Gasteiger partial charge in [-0.3, -0.25) is 14.4 Å². The zero-order valence-corrected chi connectivity index (χ0v) is 32.3. The molecule has 9 heteroatoms. The molecule has 1 saturated heterocycles. The molecule has 0 spiro atoms. The quantitative estimate of drug-likeness (QED) is 0.190. The van der Waals surface area contributed by atoms with Crippen LogP contribution in [0.2, 0.25) is 0 Å². The summed E-state index contributed by atoms with van der Waals surface area (Å²) in [5.41, 5.74) is 1.19. The van der Waals surface area contributed by atoms with Gasteiger partial charge in [-0.1, -0.05) is 99.1 Å². The number of aliphatic hydroxyl groups is 1. The third-order valence-electron chi connectivity index (χ3n) is 7.58. The highest BCUT2D eigenvalue weighted by molar-refractivity contribution is 5.78. The van der Waals surface area contributed by atoms with Crippen LogP contribution in [-0.2, 0) is 25.5 Å². The minimum atomic E-state index is -0.317. The van der Waals surface area contributed by atoms with Crippen molar-refractivity contribution in [2.24, 2.45) is 11.8 Å². The molecule has 4 atom stereocenters. The summed E-state index contributed by atoms with van der Waals surface area (Å²) in [6, 6.07) is 12.2. The SMILES string of the molecule is CC.CC.CC.CC(C)C(C)C#N.CCC[C@@H](CCC(=O)N1CCCC1C(CC(=O)NCCc1ccccc1)OC)N(C)C=O.CO. The van der Waals surface area contributed by atoms with E-state index in [2.05, 4.69) is 18.3 Å². The third-order valence-corrected chi connectivity index (χ3v) is 7.58. The molecular weight excluding hydrogens is 592 g/mol. The van der Waals surface area contributed by atoms with Crippen LogP contribution in [0.3, 0.4) is 0 Å². The molecule has 274 valence electrons. The van der Waals surface area contributed by atoms with Crippen molar-refractivity contribution in [1.29, 1.82) is 5.26 Å². The van der Waals surface area contributed by atoms with Gasteiger partial charge in [0.1, 0.15) is 0 Å². The Kier molecular flexibility index (Phi) is 38.9. The maximum atomic E-state index is 13.0. The fourth-order valence-electron chi connectivity index (χ4n) is 4.66. The summed E-state index contributed by atoms with van der Waals surface area (Å²) in [5, 5.41) is 18.2. The lowest BCUT2D eigenvalue weighted by molar-refractivity contribution is -0.137. The Bertz CT molecular complexity index is 892. The van der Waals surface area contributed by atoms with Crippen molar-refractivity contribution in [3.05, 3.63) is 35.9 Å². The van der Waals surface area contributed by atoms with E-state index in [9.17, 15) is 14.4 Å². The van der Waals surface area contributed by atoms with Gasteiger partial charge in [0.15, 0.2) is 0 Å². The van der Waals surface area contributed by atoms with E-state index in [1.807, 2.05) is 97.5 Å². The Morgan fingerprint density at radius 2 is 1.66 bits per heavy atom. The van der Waals surface area contributed by atoms with Crippen molar-refractivity contribution in [2.45, 2.75) is 139 Å². The first-order valence-corrected chi connectivity index (χ1v) is 17.8. The number of rotatable bonds is 15. The summed E-state index contributed by atoms with van der Waals surface area (Å²) in [4.78, 5) is 40.2. The maximum absolute atomic E-state index is 13.0. The molecule has 2 rings (SSSR count). The first kappa shape index (κ1) is 50.9. The second-order valence-electron chi connectivity index (χ2n) is 10.8. The highest BCUT2D eigenvalue weighted by atomic mass is 16.5. The van der Waals surface area contributed by atoms with Crippen LogP contribution in [0, 0.1) is 23.2 Å². The van der Waals surface area contributed by atoms with E-state index < -0.39 is 0 Å². The summed E-state index contributed by atoms with van der Waals surface area (Å²) in [5.74, 6) is 0.743. The molecule has 3 amide bonds. The number of carbonyl (C=O) groups is 3. The van der Waals surface area contributed by atoms with Crippen molar-refractivity contribution in [3.8, 4) is 6.07 Å². The van der Waals surface area contributed by atoms with E-state index in [-0.39, 0.29) is 42.3 Å². The van der Waals surface area contributed by atoms with E-state index in [0.717, 1.165) is 45.6 Å². The number of methoxy groups -OCH3 is 1. The molecule has 1 fully saturated rings. The molecular formula is C38H72N4O5. The second kappa shape index (κ2) is 35.9.